The SMILES string of the molecule is CN1C(=O)[C@@H]2[C@@H](CC(CO)=C([C@H](O)CC/C(=C/c3cc(Br)ccc3O)c3ccccn3)[C@@H]2CO)C1=O. The van der Waals surface area contributed by atoms with Gasteiger partial charge in [-0.3, -0.25) is 19.5 Å². The summed E-state index contributed by atoms with van der Waals surface area (Å²) in [6.07, 6.45) is 3.18. The standard InChI is InChI=1S/C27H29BrN2O6/c1-30-26(35)19-12-17(13-31)24(20(14-32)25(19)27(30)36)23(34)7-5-15(21-4-2-3-9-29-21)10-16-11-18(28)6-8-22(16)33/h2-4,6,8-11,19-20,23,25,31-34H,5,7,12-14H2,1H3/b15-10-/t19-,20+,23-,25-/m1/s1. The number of likely N-dealkylation sites (tertiary alicyclic amines) is 1. The van der Waals surface area contributed by atoms with E-state index < -0.39 is 30.5 Å². The fourth-order valence-electron chi connectivity index (χ4n) is 5.37. The van der Waals surface area contributed by atoms with Crippen LogP contribution < -0.4 is 0 Å². The number of allylic oxidation sites excluding steroid dienone is 1. The van der Waals surface area contributed by atoms with Crippen LogP contribution in [-0.2, 0) is 9.59 Å². The van der Waals surface area contributed by atoms with Crippen LogP contribution in [0, 0.1) is 17.8 Å². The lowest BCUT2D eigenvalue weighted by Crippen LogP contribution is -2.39. The fourth-order valence-corrected chi connectivity index (χ4v) is 5.74. The number of imide groups is 1. The van der Waals surface area contributed by atoms with Gasteiger partial charge in [0.15, 0.2) is 0 Å². The number of pyridine rings is 1. The van der Waals surface area contributed by atoms with Gasteiger partial charge in [0.1, 0.15) is 5.75 Å². The smallest absolute Gasteiger partial charge is 0.233 e. The highest BCUT2D eigenvalue weighted by atomic mass is 79.9. The number of aromatic hydroxyl groups is 1. The maximum absolute atomic E-state index is 12.8. The van der Waals surface area contributed by atoms with E-state index in [0.29, 0.717) is 28.8 Å². The van der Waals surface area contributed by atoms with E-state index in [4.69, 9.17) is 0 Å². The van der Waals surface area contributed by atoms with Gasteiger partial charge in [-0.15, -0.1) is 0 Å². The van der Waals surface area contributed by atoms with E-state index in [9.17, 15) is 30.0 Å². The maximum Gasteiger partial charge on any atom is 0.233 e. The molecule has 2 aliphatic rings. The number of aliphatic hydroxyl groups is 3. The van der Waals surface area contributed by atoms with Crippen LogP contribution in [0.4, 0.5) is 0 Å². The Morgan fingerprint density at radius 3 is 2.67 bits per heavy atom. The second-order valence-electron chi connectivity index (χ2n) is 9.22. The largest absolute Gasteiger partial charge is 0.507 e. The molecular weight excluding hydrogens is 528 g/mol. The van der Waals surface area contributed by atoms with Crippen molar-refractivity contribution < 1.29 is 30.0 Å². The van der Waals surface area contributed by atoms with E-state index in [1.54, 1.807) is 30.5 Å². The number of phenols is 1. The van der Waals surface area contributed by atoms with Crippen molar-refractivity contribution in [1.29, 1.82) is 0 Å². The summed E-state index contributed by atoms with van der Waals surface area (Å²) in [5.74, 6) is -2.73. The molecule has 1 aliphatic heterocycles. The Bertz CT molecular complexity index is 1210. The molecule has 0 radical (unpaired) electrons. The fraction of sp³-hybridized carbons (Fsp3) is 0.370. The lowest BCUT2D eigenvalue weighted by atomic mass is 9.68. The molecule has 1 aromatic heterocycles. The van der Waals surface area contributed by atoms with Gasteiger partial charge in [0.05, 0.1) is 36.8 Å². The van der Waals surface area contributed by atoms with E-state index in [1.165, 1.54) is 7.05 Å². The number of aliphatic hydroxyl groups excluding tert-OH is 3. The van der Waals surface area contributed by atoms with Crippen molar-refractivity contribution in [3.63, 3.8) is 0 Å². The van der Waals surface area contributed by atoms with Crippen molar-refractivity contribution in [2.45, 2.75) is 25.4 Å². The lowest BCUT2D eigenvalue weighted by molar-refractivity contribution is -0.138. The van der Waals surface area contributed by atoms with Crippen molar-refractivity contribution in [1.82, 2.24) is 9.88 Å². The number of hydrogen-bond donors (Lipinski definition) is 4. The quantitative estimate of drug-likeness (QED) is 0.290. The van der Waals surface area contributed by atoms with Crippen LogP contribution in [0.3, 0.4) is 0 Å². The molecule has 1 aliphatic carbocycles. The average Bonchev–Trinajstić information content (AvgIpc) is 3.11. The van der Waals surface area contributed by atoms with Crippen LogP contribution in [0.25, 0.3) is 11.6 Å². The highest BCUT2D eigenvalue weighted by Gasteiger charge is 2.53. The Labute approximate surface area is 217 Å². The average molecular weight is 557 g/mol. The van der Waals surface area contributed by atoms with Crippen LogP contribution in [0.1, 0.15) is 30.5 Å². The topological polar surface area (TPSA) is 131 Å². The molecule has 8 nitrogen and oxygen atoms in total. The Morgan fingerprint density at radius 2 is 2.00 bits per heavy atom. The molecule has 4 N–H and O–H groups in total. The number of halogens is 1. The molecule has 4 rings (SSSR count). The molecule has 1 aromatic carbocycles. The third-order valence-corrected chi connectivity index (χ3v) is 7.64. The predicted octanol–water partition coefficient (Wildman–Crippen LogP) is 2.76. The van der Waals surface area contributed by atoms with Gasteiger partial charge in [0.2, 0.25) is 11.8 Å². The van der Waals surface area contributed by atoms with E-state index >= 15 is 0 Å². The van der Waals surface area contributed by atoms with Gasteiger partial charge < -0.3 is 20.4 Å². The van der Waals surface area contributed by atoms with Crippen molar-refractivity contribution in [2.75, 3.05) is 20.3 Å². The number of fused-ring (bicyclic) bond motifs is 1. The van der Waals surface area contributed by atoms with Crippen LogP contribution in [0.2, 0.25) is 0 Å². The van der Waals surface area contributed by atoms with Crippen molar-refractivity contribution in [3.8, 4) is 5.75 Å². The first kappa shape index (κ1) is 26.2. The first-order valence-electron chi connectivity index (χ1n) is 11.8. The first-order valence-corrected chi connectivity index (χ1v) is 12.6. The summed E-state index contributed by atoms with van der Waals surface area (Å²) in [5, 5.41) is 41.9. The minimum absolute atomic E-state index is 0.102. The molecule has 2 heterocycles. The monoisotopic (exact) mass is 556 g/mol. The highest BCUT2D eigenvalue weighted by molar-refractivity contribution is 9.10. The second kappa shape index (κ2) is 11.0. The van der Waals surface area contributed by atoms with Crippen LogP contribution in [0.15, 0.2) is 58.2 Å². The Morgan fingerprint density at radius 1 is 1.22 bits per heavy atom. The van der Waals surface area contributed by atoms with Crippen LogP contribution in [-0.4, -0.2) is 68.5 Å². The molecule has 0 unspecified atom stereocenters. The zero-order valence-electron chi connectivity index (χ0n) is 19.8. The first-order chi connectivity index (χ1) is 17.3. The van der Waals surface area contributed by atoms with E-state index in [-0.39, 0.29) is 37.0 Å². The third-order valence-electron chi connectivity index (χ3n) is 7.15. The number of hydrogen-bond acceptors (Lipinski definition) is 7. The van der Waals surface area contributed by atoms with Crippen molar-refractivity contribution >= 4 is 39.4 Å². The number of carbonyl (C=O) groups excluding carboxylic acids is 2. The predicted molar refractivity (Wildman–Crippen MR) is 137 cm³/mol. The maximum atomic E-state index is 12.8. The summed E-state index contributed by atoms with van der Waals surface area (Å²) in [5.41, 5.74) is 2.97. The Kier molecular flexibility index (Phi) is 8.04. The number of phenolic OH excluding ortho intramolecular Hbond substituents is 1. The van der Waals surface area contributed by atoms with E-state index in [0.717, 1.165) is 14.9 Å². The summed E-state index contributed by atoms with van der Waals surface area (Å²) >= 11 is 3.42. The molecule has 9 heteroatoms. The third kappa shape index (κ3) is 5.01. The van der Waals surface area contributed by atoms with Gasteiger partial charge >= 0.3 is 0 Å². The number of amides is 2. The normalized spacial score (nSPS) is 23.3. The molecule has 0 spiro atoms. The molecule has 4 atom stereocenters. The highest BCUT2D eigenvalue weighted by Crippen LogP contribution is 2.46. The number of aromatic nitrogens is 1. The molecule has 1 fully saturated rings. The van der Waals surface area contributed by atoms with Crippen molar-refractivity contribution in [3.05, 3.63) is 69.5 Å². The molecule has 2 amide bonds. The minimum Gasteiger partial charge on any atom is -0.507 e. The number of carbonyl (C=O) groups is 2. The Balaban J connectivity index is 1.64. The summed E-state index contributed by atoms with van der Waals surface area (Å²) in [6, 6.07) is 10.6. The van der Waals surface area contributed by atoms with Crippen LogP contribution in [0.5, 0.6) is 5.75 Å². The van der Waals surface area contributed by atoms with Gasteiger partial charge in [-0.1, -0.05) is 22.0 Å². The zero-order chi connectivity index (χ0) is 26.0. The second-order valence-corrected chi connectivity index (χ2v) is 10.1. The minimum atomic E-state index is -1.05. The molecule has 0 saturated carbocycles. The van der Waals surface area contributed by atoms with Gasteiger partial charge in [0, 0.05) is 29.2 Å². The van der Waals surface area contributed by atoms with Gasteiger partial charge in [0.25, 0.3) is 0 Å². The molecule has 190 valence electrons. The summed E-state index contributed by atoms with van der Waals surface area (Å²) in [7, 11) is 1.42. The van der Waals surface area contributed by atoms with E-state index in [1.807, 2.05) is 18.2 Å². The summed E-state index contributed by atoms with van der Waals surface area (Å²) < 4.78 is 0.799. The zero-order valence-corrected chi connectivity index (χ0v) is 21.4. The molecular formula is C27H29BrN2O6. The summed E-state index contributed by atoms with van der Waals surface area (Å²) in [6.45, 7) is -0.787. The number of rotatable bonds is 8. The molecule has 36 heavy (non-hydrogen) atoms. The van der Waals surface area contributed by atoms with Crippen LogP contribution >= 0.6 is 15.9 Å². The molecule has 2 aromatic rings. The van der Waals surface area contributed by atoms with E-state index in [2.05, 4.69) is 20.9 Å². The summed E-state index contributed by atoms with van der Waals surface area (Å²) in [4.78, 5) is 30.8. The number of nitrogens with zero attached hydrogens (tertiary/aromatic N) is 2. The molecule has 1 saturated heterocycles. The van der Waals surface area contributed by atoms with Gasteiger partial charge in [-0.2, -0.15) is 0 Å². The Hall–Kier alpha value is -2.85. The van der Waals surface area contributed by atoms with Gasteiger partial charge in [-0.05, 0) is 72.4 Å². The number of benzene rings is 1. The van der Waals surface area contributed by atoms with Gasteiger partial charge in [-0.25, -0.2) is 0 Å². The lowest BCUT2D eigenvalue weighted by Gasteiger charge is -2.36. The molecule has 0 bridgehead atoms. The van der Waals surface area contributed by atoms with Crippen molar-refractivity contribution in [2.24, 2.45) is 17.8 Å².